The fourth-order valence-corrected chi connectivity index (χ4v) is 1.16. The van der Waals surface area contributed by atoms with Crippen LogP contribution in [0.4, 0.5) is 0 Å². The molecular formula is C8H15N5O2. The normalized spacial score (nSPS) is 10.3. The van der Waals surface area contributed by atoms with E-state index in [9.17, 15) is 4.79 Å². The number of tetrazole rings is 1. The van der Waals surface area contributed by atoms with E-state index in [-0.39, 0.29) is 18.3 Å². The molecule has 0 unspecified atom stereocenters. The Balaban J connectivity index is 2.28. The number of rotatable bonds is 6. The van der Waals surface area contributed by atoms with Crippen molar-refractivity contribution in [2.24, 2.45) is 0 Å². The van der Waals surface area contributed by atoms with Crippen molar-refractivity contribution in [2.45, 2.75) is 19.3 Å². The van der Waals surface area contributed by atoms with E-state index in [4.69, 9.17) is 5.11 Å². The van der Waals surface area contributed by atoms with Crippen molar-refractivity contribution in [1.29, 1.82) is 0 Å². The zero-order valence-electron chi connectivity index (χ0n) is 8.68. The number of H-pyrrole nitrogens is 1. The van der Waals surface area contributed by atoms with Crippen LogP contribution < -0.4 is 0 Å². The molecule has 1 aromatic heterocycles. The smallest absolute Gasteiger partial charge is 0.295 e. The van der Waals surface area contributed by atoms with Crippen LogP contribution in [0.2, 0.25) is 0 Å². The van der Waals surface area contributed by atoms with E-state index in [1.165, 1.54) is 0 Å². The monoisotopic (exact) mass is 213 g/mol. The highest BCUT2D eigenvalue weighted by atomic mass is 16.2. The van der Waals surface area contributed by atoms with Gasteiger partial charge in [-0.25, -0.2) is 0 Å². The molecule has 0 aliphatic rings. The fourth-order valence-electron chi connectivity index (χ4n) is 1.16. The zero-order chi connectivity index (χ0) is 11.1. The molecular weight excluding hydrogens is 198 g/mol. The molecule has 0 atom stereocenters. The first-order valence-corrected chi connectivity index (χ1v) is 4.85. The quantitative estimate of drug-likeness (QED) is 0.617. The molecule has 0 aliphatic carbocycles. The van der Waals surface area contributed by atoms with Crippen LogP contribution in [-0.4, -0.2) is 56.7 Å². The largest absolute Gasteiger partial charge is 0.396 e. The van der Waals surface area contributed by atoms with Crippen molar-refractivity contribution in [3.05, 3.63) is 5.82 Å². The molecule has 7 nitrogen and oxygen atoms in total. The number of unbranched alkanes of at least 4 members (excludes halogenated alkanes) is 2. The predicted octanol–water partition coefficient (Wildman–Crippen LogP) is -0.566. The van der Waals surface area contributed by atoms with Crippen LogP contribution in [0.15, 0.2) is 0 Å². The molecule has 0 radical (unpaired) electrons. The molecule has 7 heteroatoms. The molecule has 0 saturated heterocycles. The molecule has 0 saturated carbocycles. The van der Waals surface area contributed by atoms with Gasteiger partial charge in [-0.3, -0.25) is 4.79 Å². The summed E-state index contributed by atoms with van der Waals surface area (Å²) in [6.45, 7) is 0.829. The molecule has 0 bridgehead atoms. The number of aliphatic hydroxyl groups is 1. The van der Waals surface area contributed by atoms with Gasteiger partial charge in [0.1, 0.15) is 0 Å². The van der Waals surface area contributed by atoms with Crippen LogP contribution in [0.1, 0.15) is 29.9 Å². The lowest BCUT2D eigenvalue weighted by molar-refractivity contribution is 0.0780. The lowest BCUT2D eigenvalue weighted by atomic mass is 10.2. The average molecular weight is 213 g/mol. The number of hydrogen-bond acceptors (Lipinski definition) is 5. The van der Waals surface area contributed by atoms with Gasteiger partial charge >= 0.3 is 0 Å². The van der Waals surface area contributed by atoms with Gasteiger partial charge in [-0.05, 0) is 24.5 Å². The lowest BCUT2D eigenvalue weighted by Gasteiger charge is -2.14. The number of carbonyl (C=O) groups is 1. The number of amides is 1. The van der Waals surface area contributed by atoms with Crippen LogP contribution in [-0.2, 0) is 0 Å². The van der Waals surface area contributed by atoms with Crippen molar-refractivity contribution in [3.63, 3.8) is 0 Å². The third-order valence-electron chi connectivity index (χ3n) is 2.03. The summed E-state index contributed by atoms with van der Waals surface area (Å²) in [7, 11) is 1.69. The van der Waals surface area contributed by atoms with E-state index in [0.29, 0.717) is 6.54 Å². The van der Waals surface area contributed by atoms with Crippen molar-refractivity contribution >= 4 is 5.91 Å². The molecule has 0 aromatic carbocycles. The van der Waals surface area contributed by atoms with E-state index in [0.717, 1.165) is 19.3 Å². The van der Waals surface area contributed by atoms with Crippen LogP contribution >= 0.6 is 0 Å². The summed E-state index contributed by atoms with van der Waals surface area (Å²) in [6.07, 6.45) is 2.53. The lowest BCUT2D eigenvalue weighted by Crippen LogP contribution is -2.28. The average Bonchev–Trinajstić information content (AvgIpc) is 2.76. The van der Waals surface area contributed by atoms with Crippen molar-refractivity contribution in [3.8, 4) is 0 Å². The van der Waals surface area contributed by atoms with Crippen LogP contribution in [0.3, 0.4) is 0 Å². The van der Waals surface area contributed by atoms with Gasteiger partial charge in [-0.2, -0.15) is 5.21 Å². The second-order valence-electron chi connectivity index (χ2n) is 3.25. The predicted molar refractivity (Wildman–Crippen MR) is 52.1 cm³/mol. The Morgan fingerprint density at radius 3 is 2.87 bits per heavy atom. The van der Waals surface area contributed by atoms with Gasteiger partial charge in [0.25, 0.3) is 11.7 Å². The summed E-state index contributed by atoms with van der Waals surface area (Å²) in [5.74, 6) is -0.160. The summed E-state index contributed by atoms with van der Waals surface area (Å²) < 4.78 is 0. The van der Waals surface area contributed by atoms with Crippen molar-refractivity contribution in [1.82, 2.24) is 25.5 Å². The Bertz CT molecular complexity index is 287. The molecule has 1 heterocycles. The van der Waals surface area contributed by atoms with Gasteiger partial charge < -0.3 is 10.0 Å². The van der Waals surface area contributed by atoms with Gasteiger partial charge in [0.2, 0.25) is 0 Å². The summed E-state index contributed by atoms with van der Waals surface area (Å²) in [5, 5.41) is 21.3. The van der Waals surface area contributed by atoms with Crippen LogP contribution in [0.25, 0.3) is 0 Å². The van der Waals surface area contributed by atoms with E-state index < -0.39 is 0 Å². The first-order valence-electron chi connectivity index (χ1n) is 4.85. The maximum Gasteiger partial charge on any atom is 0.295 e. The fraction of sp³-hybridized carbons (Fsp3) is 0.750. The Morgan fingerprint density at radius 2 is 2.27 bits per heavy atom. The molecule has 84 valence electrons. The molecule has 0 fully saturated rings. The number of nitrogens with one attached hydrogen (secondary N) is 1. The number of aromatic nitrogens is 4. The number of carbonyl (C=O) groups excluding carboxylic acids is 1. The third-order valence-corrected chi connectivity index (χ3v) is 2.03. The van der Waals surface area contributed by atoms with Gasteiger partial charge in [-0.15, -0.1) is 10.2 Å². The second-order valence-corrected chi connectivity index (χ2v) is 3.25. The summed E-state index contributed by atoms with van der Waals surface area (Å²) >= 11 is 0. The first kappa shape index (κ1) is 11.6. The van der Waals surface area contributed by atoms with Gasteiger partial charge in [0.05, 0.1) is 0 Å². The highest BCUT2D eigenvalue weighted by molar-refractivity contribution is 5.89. The van der Waals surface area contributed by atoms with Gasteiger partial charge in [-0.1, -0.05) is 0 Å². The number of hydrogen-bond donors (Lipinski definition) is 2. The molecule has 1 aromatic rings. The Kier molecular flexibility index (Phi) is 4.69. The maximum absolute atomic E-state index is 11.6. The molecule has 1 amide bonds. The zero-order valence-corrected chi connectivity index (χ0v) is 8.68. The maximum atomic E-state index is 11.6. The van der Waals surface area contributed by atoms with Gasteiger partial charge in [0.15, 0.2) is 0 Å². The SMILES string of the molecule is CN(CCCCCO)C(=O)c1nn[nH]n1. The summed E-state index contributed by atoms with van der Waals surface area (Å²) in [5.41, 5.74) is 0. The van der Waals surface area contributed by atoms with Crippen LogP contribution in [0.5, 0.6) is 0 Å². The number of nitrogens with zero attached hydrogens (tertiary/aromatic N) is 4. The van der Waals surface area contributed by atoms with E-state index in [2.05, 4.69) is 20.6 Å². The standard InChI is InChI=1S/C8H15N5O2/c1-13(5-3-2-4-6-14)8(15)7-9-11-12-10-7/h14H,2-6H2,1H3,(H,9,10,11,12). The first-order chi connectivity index (χ1) is 7.25. The molecule has 0 spiro atoms. The number of aromatic amines is 1. The minimum Gasteiger partial charge on any atom is -0.396 e. The minimum atomic E-state index is -0.243. The van der Waals surface area contributed by atoms with E-state index in [1.54, 1.807) is 11.9 Å². The van der Waals surface area contributed by atoms with Gasteiger partial charge in [0, 0.05) is 20.2 Å². The highest BCUT2D eigenvalue weighted by Crippen LogP contribution is 1.99. The molecule has 15 heavy (non-hydrogen) atoms. The Hall–Kier alpha value is -1.50. The van der Waals surface area contributed by atoms with E-state index >= 15 is 0 Å². The Morgan fingerprint density at radius 1 is 1.47 bits per heavy atom. The third kappa shape index (κ3) is 3.62. The van der Waals surface area contributed by atoms with Crippen molar-refractivity contribution in [2.75, 3.05) is 20.2 Å². The topological polar surface area (TPSA) is 95.0 Å². The minimum absolute atomic E-state index is 0.0830. The van der Waals surface area contributed by atoms with Crippen LogP contribution in [0, 0.1) is 0 Å². The van der Waals surface area contributed by atoms with E-state index in [1.807, 2.05) is 0 Å². The molecule has 1 rings (SSSR count). The number of aliphatic hydroxyl groups excluding tert-OH is 1. The van der Waals surface area contributed by atoms with Crippen molar-refractivity contribution < 1.29 is 9.90 Å². The summed E-state index contributed by atoms with van der Waals surface area (Å²) in [4.78, 5) is 13.1. The molecule has 2 N–H and O–H groups in total. The summed E-state index contributed by atoms with van der Waals surface area (Å²) in [6, 6.07) is 0. The highest BCUT2D eigenvalue weighted by Gasteiger charge is 2.15. The second kappa shape index (κ2) is 6.07. The molecule has 0 aliphatic heterocycles. The Labute approximate surface area is 87.5 Å².